The first kappa shape index (κ1) is 26.6. The summed E-state index contributed by atoms with van der Waals surface area (Å²) in [4.78, 5) is 21.0. The van der Waals surface area contributed by atoms with Gasteiger partial charge in [0.05, 0.1) is 43.1 Å². The van der Waals surface area contributed by atoms with Crippen molar-refractivity contribution in [2.45, 2.75) is 32.9 Å². The van der Waals surface area contributed by atoms with Gasteiger partial charge in [-0.25, -0.2) is 18.7 Å². The number of nitrogens with zero attached hydrogens (tertiary/aromatic N) is 2. The van der Waals surface area contributed by atoms with Crippen molar-refractivity contribution in [1.82, 2.24) is 9.97 Å². The van der Waals surface area contributed by atoms with Crippen molar-refractivity contribution in [3.8, 4) is 17.0 Å². The first-order valence-corrected chi connectivity index (χ1v) is 11.4. The van der Waals surface area contributed by atoms with Crippen LogP contribution in [-0.4, -0.2) is 36.6 Å². The summed E-state index contributed by atoms with van der Waals surface area (Å²) in [6, 6.07) is 7.80. The van der Waals surface area contributed by atoms with Crippen molar-refractivity contribution in [3.63, 3.8) is 0 Å². The average molecular weight is 497 g/mol. The standard InChI is InChI=1S/C27H30F2N4O3/c1-7-36-16(2)21-12-18(14-31-25(21)30-5)20-9-8-17(10-23(20)28)11-24(34)33-19-13-22(27(3,4)29)26(35-6)32-15-19/h8-10,12-15H,2,7,11H2,1,3-6H3,(H,30,31)(H,33,34). The summed E-state index contributed by atoms with van der Waals surface area (Å²) in [7, 11) is 3.13. The molecule has 7 nitrogen and oxygen atoms in total. The molecule has 1 aromatic carbocycles. The van der Waals surface area contributed by atoms with Crippen molar-refractivity contribution in [2.75, 3.05) is 31.4 Å². The number of alkyl halides is 1. The Bertz CT molecular complexity index is 1270. The van der Waals surface area contributed by atoms with Gasteiger partial charge in [-0.1, -0.05) is 18.7 Å². The number of pyridine rings is 2. The van der Waals surface area contributed by atoms with Gasteiger partial charge >= 0.3 is 0 Å². The highest BCUT2D eigenvalue weighted by Gasteiger charge is 2.25. The number of halogens is 2. The minimum absolute atomic E-state index is 0.0824. The molecule has 2 heterocycles. The number of benzene rings is 1. The number of carbonyl (C=O) groups excluding carboxylic acids is 1. The van der Waals surface area contributed by atoms with Crippen LogP contribution in [0.4, 0.5) is 20.3 Å². The smallest absolute Gasteiger partial charge is 0.228 e. The third-order valence-electron chi connectivity index (χ3n) is 5.42. The Morgan fingerprint density at radius 2 is 1.92 bits per heavy atom. The lowest BCUT2D eigenvalue weighted by Gasteiger charge is -2.18. The number of rotatable bonds is 10. The van der Waals surface area contributed by atoms with Gasteiger partial charge in [0.15, 0.2) is 0 Å². The van der Waals surface area contributed by atoms with E-state index in [1.165, 1.54) is 39.3 Å². The molecule has 0 bridgehead atoms. The van der Waals surface area contributed by atoms with Crippen LogP contribution in [-0.2, 0) is 21.6 Å². The van der Waals surface area contributed by atoms with E-state index in [-0.39, 0.29) is 17.9 Å². The lowest BCUT2D eigenvalue weighted by Crippen LogP contribution is -2.17. The van der Waals surface area contributed by atoms with Gasteiger partial charge in [0.1, 0.15) is 23.1 Å². The second-order valence-electron chi connectivity index (χ2n) is 8.52. The van der Waals surface area contributed by atoms with Crippen molar-refractivity contribution < 1.29 is 23.0 Å². The molecule has 0 fully saturated rings. The number of ether oxygens (including phenoxy) is 2. The zero-order chi connectivity index (χ0) is 26.5. The molecule has 0 aliphatic rings. The summed E-state index contributed by atoms with van der Waals surface area (Å²) in [6.07, 6.45) is 2.85. The second kappa shape index (κ2) is 11.2. The van der Waals surface area contributed by atoms with E-state index in [1.807, 2.05) is 6.92 Å². The summed E-state index contributed by atoms with van der Waals surface area (Å²) in [5.74, 6) is 0.241. The number of methoxy groups -OCH3 is 1. The maximum Gasteiger partial charge on any atom is 0.228 e. The lowest BCUT2D eigenvalue weighted by molar-refractivity contribution is -0.115. The van der Waals surface area contributed by atoms with Gasteiger partial charge in [0.25, 0.3) is 0 Å². The molecule has 1 amide bonds. The van der Waals surface area contributed by atoms with E-state index in [4.69, 9.17) is 9.47 Å². The molecule has 0 saturated carbocycles. The van der Waals surface area contributed by atoms with E-state index in [0.29, 0.717) is 46.1 Å². The average Bonchev–Trinajstić information content (AvgIpc) is 2.83. The van der Waals surface area contributed by atoms with Crippen molar-refractivity contribution in [2.24, 2.45) is 0 Å². The highest BCUT2D eigenvalue weighted by molar-refractivity contribution is 5.92. The van der Waals surface area contributed by atoms with Crippen molar-refractivity contribution in [3.05, 3.63) is 71.8 Å². The number of nitrogens with one attached hydrogen (secondary N) is 2. The normalized spacial score (nSPS) is 11.1. The molecule has 0 unspecified atom stereocenters. The molecule has 0 radical (unpaired) electrons. The van der Waals surface area contributed by atoms with Gasteiger partial charge in [-0.15, -0.1) is 0 Å². The fraction of sp³-hybridized carbons (Fsp3) is 0.296. The summed E-state index contributed by atoms with van der Waals surface area (Å²) in [5.41, 5.74) is 0.785. The van der Waals surface area contributed by atoms with E-state index >= 15 is 4.39 Å². The first-order chi connectivity index (χ1) is 17.1. The fourth-order valence-electron chi connectivity index (χ4n) is 3.68. The number of hydrogen-bond acceptors (Lipinski definition) is 6. The molecular weight excluding hydrogens is 466 g/mol. The van der Waals surface area contributed by atoms with Crippen LogP contribution in [0.3, 0.4) is 0 Å². The lowest BCUT2D eigenvalue weighted by atomic mass is 10.0. The van der Waals surface area contributed by atoms with Crippen molar-refractivity contribution in [1.29, 1.82) is 0 Å². The van der Waals surface area contributed by atoms with Gasteiger partial charge in [0, 0.05) is 24.4 Å². The second-order valence-corrected chi connectivity index (χ2v) is 8.52. The molecule has 0 atom stereocenters. The Morgan fingerprint density at radius 3 is 2.53 bits per heavy atom. The molecule has 0 aliphatic heterocycles. The molecule has 190 valence electrons. The maximum atomic E-state index is 15.0. The van der Waals surface area contributed by atoms with Gasteiger partial charge in [-0.2, -0.15) is 0 Å². The Balaban J connectivity index is 1.79. The minimum atomic E-state index is -1.72. The van der Waals surface area contributed by atoms with E-state index in [9.17, 15) is 9.18 Å². The molecule has 3 aromatic rings. The fourth-order valence-corrected chi connectivity index (χ4v) is 3.68. The highest BCUT2D eigenvalue weighted by Crippen LogP contribution is 2.33. The van der Waals surface area contributed by atoms with Crippen LogP contribution in [0.1, 0.15) is 37.5 Å². The van der Waals surface area contributed by atoms with Crippen LogP contribution in [0, 0.1) is 5.82 Å². The van der Waals surface area contributed by atoms with Crippen LogP contribution in [0.25, 0.3) is 16.9 Å². The monoisotopic (exact) mass is 496 g/mol. The SMILES string of the molecule is C=C(OCC)c1cc(-c2ccc(CC(=O)Nc3cnc(OC)c(C(C)(C)F)c3)cc2F)cnc1NC. The van der Waals surface area contributed by atoms with Crippen LogP contribution >= 0.6 is 0 Å². The predicted octanol–water partition coefficient (Wildman–Crippen LogP) is 5.73. The summed E-state index contributed by atoms with van der Waals surface area (Å²) in [6.45, 7) is 8.96. The van der Waals surface area contributed by atoms with Crippen molar-refractivity contribution >= 4 is 23.2 Å². The third kappa shape index (κ3) is 6.16. The molecule has 2 N–H and O–H groups in total. The summed E-state index contributed by atoms with van der Waals surface area (Å²) in [5, 5.41) is 5.65. The molecule has 3 rings (SSSR count). The Morgan fingerprint density at radius 1 is 1.17 bits per heavy atom. The zero-order valence-electron chi connectivity index (χ0n) is 21.0. The third-order valence-corrected chi connectivity index (χ3v) is 5.42. The van der Waals surface area contributed by atoms with Crippen LogP contribution < -0.4 is 15.4 Å². The van der Waals surface area contributed by atoms with Crippen LogP contribution in [0.5, 0.6) is 5.88 Å². The Kier molecular flexibility index (Phi) is 8.24. The highest BCUT2D eigenvalue weighted by atomic mass is 19.1. The predicted molar refractivity (Wildman–Crippen MR) is 137 cm³/mol. The van der Waals surface area contributed by atoms with E-state index in [1.54, 1.807) is 31.4 Å². The number of aromatic nitrogens is 2. The molecular formula is C27H30F2N4O3. The minimum Gasteiger partial charge on any atom is -0.494 e. The zero-order valence-corrected chi connectivity index (χ0v) is 21.0. The van der Waals surface area contributed by atoms with Crippen LogP contribution in [0.15, 0.2) is 49.3 Å². The molecule has 2 aromatic heterocycles. The van der Waals surface area contributed by atoms with E-state index in [0.717, 1.165) is 0 Å². The van der Waals surface area contributed by atoms with Gasteiger partial charge < -0.3 is 20.1 Å². The molecule has 36 heavy (non-hydrogen) atoms. The summed E-state index contributed by atoms with van der Waals surface area (Å²) >= 11 is 0. The molecule has 0 aliphatic carbocycles. The molecule has 0 spiro atoms. The maximum absolute atomic E-state index is 15.0. The number of carbonyl (C=O) groups is 1. The largest absolute Gasteiger partial charge is 0.494 e. The number of hydrogen-bond donors (Lipinski definition) is 2. The topological polar surface area (TPSA) is 85.4 Å². The van der Waals surface area contributed by atoms with Gasteiger partial charge in [-0.3, -0.25) is 4.79 Å². The number of anilines is 2. The van der Waals surface area contributed by atoms with Gasteiger partial charge in [0.2, 0.25) is 11.8 Å². The number of amides is 1. The van der Waals surface area contributed by atoms with E-state index < -0.39 is 17.4 Å². The quantitative estimate of drug-likeness (QED) is 0.349. The summed E-state index contributed by atoms with van der Waals surface area (Å²) < 4.78 is 40.2. The van der Waals surface area contributed by atoms with E-state index in [2.05, 4.69) is 27.2 Å². The van der Waals surface area contributed by atoms with Gasteiger partial charge in [-0.05, 0) is 44.5 Å². The Labute approximate surface area is 209 Å². The molecule has 9 heteroatoms. The first-order valence-electron chi connectivity index (χ1n) is 11.4. The Hall–Kier alpha value is -4.01. The molecule has 0 saturated heterocycles. The van der Waals surface area contributed by atoms with Crippen LogP contribution in [0.2, 0.25) is 0 Å².